The SMILES string of the molecule is Cl.Cl.c1ccc(OCCOc2cccnc2N2CCNCC2)cc1. The third kappa shape index (κ3) is 5.74. The van der Waals surface area contributed by atoms with E-state index < -0.39 is 0 Å². The molecule has 0 bridgehead atoms. The number of hydrogen-bond acceptors (Lipinski definition) is 5. The lowest BCUT2D eigenvalue weighted by molar-refractivity contribution is 0.217. The van der Waals surface area contributed by atoms with Crippen molar-refractivity contribution in [3.8, 4) is 11.5 Å². The highest BCUT2D eigenvalue weighted by Gasteiger charge is 2.15. The molecule has 2 heterocycles. The molecule has 0 amide bonds. The summed E-state index contributed by atoms with van der Waals surface area (Å²) in [5.74, 6) is 2.60. The van der Waals surface area contributed by atoms with E-state index in [0.29, 0.717) is 13.2 Å². The Balaban J connectivity index is 0.00000144. The maximum Gasteiger partial charge on any atom is 0.171 e. The molecule has 1 saturated heterocycles. The standard InChI is InChI=1S/C17H21N3O2.2ClH/c1-2-5-15(6-3-1)21-13-14-22-16-7-4-8-19-17(16)20-11-9-18-10-12-20;;/h1-8,18H,9-14H2;2*1H. The monoisotopic (exact) mass is 371 g/mol. The van der Waals surface area contributed by atoms with Gasteiger partial charge in [-0.15, -0.1) is 24.8 Å². The highest BCUT2D eigenvalue weighted by molar-refractivity contribution is 5.85. The first-order valence-corrected chi connectivity index (χ1v) is 7.65. The average molecular weight is 372 g/mol. The minimum absolute atomic E-state index is 0. The summed E-state index contributed by atoms with van der Waals surface area (Å²) in [6, 6.07) is 13.6. The van der Waals surface area contributed by atoms with Crippen molar-refractivity contribution < 1.29 is 9.47 Å². The fourth-order valence-corrected chi connectivity index (χ4v) is 2.44. The highest BCUT2D eigenvalue weighted by Crippen LogP contribution is 2.25. The molecule has 0 spiro atoms. The Morgan fingerprint density at radius 3 is 2.38 bits per heavy atom. The fraction of sp³-hybridized carbons (Fsp3) is 0.353. The van der Waals surface area contributed by atoms with Gasteiger partial charge in [0.1, 0.15) is 19.0 Å². The van der Waals surface area contributed by atoms with Gasteiger partial charge >= 0.3 is 0 Å². The number of pyridine rings is 1. The van der Waals surface area contributed by atoms with Crippen LogP contribution < -0.4 is 19.7 Å². The summed E-state index contributed by atoms with van der Waals surface area (Å²) < 4.78 is 11.5. The summed E-state index contributed by atoms with van der Waals surface area (Å²) in [7, 11) is 0. The van der Waals surface area contributed by atoms with E-state index in [1.54, 1.807) is 0 Å². The van der Waals surface area contributed by atoms with Gasteiger partial charge in [-0.05, 0) is 24.3 Å². The Hall–Kier alpha value is -1.69. The lowest BCUT2D eigenvalue weighted by Crippen LogP contribution is -2.44. The van der Waals surface area contributed by atoms with Gasteiger partial charge in [0.05, 0.1) is 0 Å². The minimum atomic E-state index is 0. The zero-order chi connectivity index (χ0) is 15.0. The molecule has 1 aromatic carbocycles. The smallest absolute Gasteiger partial charge is 0.171 e. The van der Waals surface area contributed by atoms with Crippen molar-refractivity contribution in [3.05, 3.63) is 48.7 Å². The number of para-hydroxylation sites is 1. The van der Waals surface area contributed by atoms with Crippen LogP contribution in [-0.2, 0) is 0 Å². The predicted octanol–water partition coefficient (Wildman–Crippen LogP) is 2.79. The number of piperazine rings is 1. The third-order valence-corrected chi connectivity index (χ3v) is 3.52. The molecule has 7 heteroatoms. The molecule has 5 nitrogen and oxygen atoms in total. The second-order valence-corrected chi connectivity index (χ2v) is 5.07. The molecule has 2 aromatic rings. The number of ether oxygens (including phenoxy) is 2. The Morgan fingerprint density at radius 2 is 1.62 bits per heavy atom. The van der Waals surface area contributed by atoms with Crippen LogP contribution in [0, 0.1) is 0 Å². The highest BCUT2D eigenvalue weighted by atomic mass is 35.5. The quantitative estimate of drug-likeness (QED) is 0.791. The molecule has 1 aliphatic rings. The molecule has 3 rings (SSSR count). The Bertz CT molecular complexity index is 581. The second kappa shape index (κ2) is 11.0. The summed E-state index contributed by atoms with van der Waals surface area (Å²) >= 11 is 0. The van der Waals surface area contributed by atoms with Crippen LogP contribution in [0.5, 0.6) is 11.5 Å². The molecule has 0 saturated carbocycles. The summed E-state index contributed by atoms with van der Waals surface area (Å²) in [5.41, 5.74) is 0. The van der Waals surface area contributed by atoms with Crippen molar-refractivity contribution in [2.75, 3.05) is 44.3 Å². The van der Waals surface area contributed by atoms with E-state index in [0.717, 1.165) is 43.5 Å². The number of nitrogens with one attached hydrogen (secondary N) is 1. The summed E-state index contributed by atoms with van der Waals surface area (Å²) in [5, 5.41) is 3.34. The molecule has 1 aliphatic heterocycles. The maximum atomic E-state index is 5.86. The molecule has 0 radical (unpaired) electrons. The zero-order valence-corrected chi connectivity index (χ0v) is 15.0. The normalized spacial score (nSPS) is 13.4. The number of aromatic nitrogens is 1. The van der Waals surface area contributed by atoms with E-state index in [4.69, 9.17) is 9.47 Å². The molecule has 0 unspecified atom stereocenters. The van der Waals surface area contributed by atoms with E-state index in [9.17, 15) is 0 Å². The van der Waals surface area contributed by atoms with Crippen LogP contribution in [0.15, 0.2) is 48.7 Å². The second-order valence-electron chi connectivity index (χ2n) is 5.07. The van der Waals surface area contributed by atoms with Crippen molar-refractivity contribution in [2.24, 2.45) is 0 Å². The summed E-state index contributed by atoms with van der Waals surface area (Å²) in [6.45, 7) is 4.88. The van der Waals surface area contributed by atoms with Crippen molar-refractivity contribution in [1.29, 1.82) is 0 Å². The van der Waals surface area contributed by atoms with Gasteiger partial charge in [-0.3, -0.25) is 0 Å². The van der Waals surface area contributed by atoms with Crippen LogP contribution in [0.25, 0.3) is 0 Å². The molecule has 0 atom stereocenters. The first kappa shape index (κ1) is 20.4. The summed E-state index contributed by atoms with van der Waals surface area (Å²) in [6.07, 6.45) is 1.81. The first-order valence-electron chi connectivity index (χ1n) is 7.65. The van der Waals surface area contributed by atoms with Crippen LogP contribution in [0.1, 0.15) is 0 Å². The molecular formula is C17H23Cl2N3O2. The number of anilines is 1. The van der Waals surface area contributed by atoms with Gasteiger partial charge in [0.15, 0.2) is 11.6 Å². The van der Waals surface area contributed by atoms with Crippen LogP contribution in [0.3, 0.4) is 0 Å². The van der Waals surface area contributed by atoms with E-state index in [-0.39, 0.29) is 24.8 Å². The van der Waals surface area contributed by atoms with Crippen molar-refractivity contribution in [2.45, 2.75) is 0 Å². The van der Waals surface area contributed by atoms with Crippen molar-refractivity contribution in [3.63, 3.8) is 0 Å². The Kier molecular flexibility index (Phi) is 9.30. The van der Waals surface area contributed by atoms with Gasteiger partial charge < -0.3 is 19.7 Å². The predicted molar refractivity (Wildman–Crippen MR) is 101 cm³/mol. The molecule has 1 aromatic heterocycles. The van der Waals surface area contributed by atoms with Gasteiger partial charge in [0, 0.05) is 32.4 Å². The molecule has 1 N–H and O–H groups in total. The van der Waals surface area contributed by atoms with Gasteiger partial charge in [-0.25, -0.2) is 4.98 Å². The topological polar surface area (TPSA) is 46.6 Å². The van der Waals surface area contributed by atoms with Gasteiger partial charge in [0.25, 0.3) is 0 Å². The van der Waals surface area contributed by atoms with Crippen LogP contribution >= 0.6 is 24.8 Å². The molecule has 1 fully saturated rings. The first-order chi connectivity index (χ1) is 10.9. The number of benzene rings is 1. The number of nitrogens with zero attached hydrogens (tertiary/aromatic N) is 2. The van der Waals surface area contributed by atoms with Gasteiger partial charge in [0.2, 0.25) is 0 Å². The lowest BCUT2D eigenvalue weighted by atomic mass is 10.3. The molecule has 132 valence electrons. The van der Waals surface area contributed by atoms with Crippen LogP contribution in [0.2, 0.25) is 0 Å². The zero-order valence-electron chi connectivity index (χ0n) is 13.4. The Labute approximate surface area is 155 Å². The average Bonchev–Trinajstić information content (AvgIpc) is 2.61. The molecular weight excluding hydrogens is 349 g/mol. The third-order valence-electron chi connectivity index (χ3n) is 3.52. The summed E-state index contributed by atoms with van der Waals surface area (Å²) in [4.78, 5) is 6.73. The van der Waals surface area contributed by atoms with E-state index in [1.165, 1.54) is 0 Å². The van der Waals surface area contributed by atoms with E-state index in [2.05, 4.69) is 15.2 Å². The van der Waals surface area contributed by atoms with Crippen LogP contribution in [-0.4, -0.2) is 44.4 Å². The maximum absolute atomic E-state index is 5.86. The number of rotatable bonds is 6. The van der Waals surface area contributed by atoms with Crippen LogP contribution in [0.4, 0.5) is 5.82 Å². The van der Waals surface area contributed by atoms with Gasteiger partial charge in [-0.1, -0.05) is 18.2 Å². The molecule has 0 aliphatic carbocycles. The van der Waals surface area contributed by atoms with Crippen molar-refractivity contribution >= 4 is 30.6 Å². The van der Waals surface area contributed by atoms with Gasteiger partial charge in [-0.2, -0.15) is 0 Å². The van der Waals surface area contributed by atoms with Crippen molar-refractivity contribution in [1.82, 2.24) is 10.3 Å². The number of halogens is 2. The van der Waals surface area contributed by atoms with E-state index >= 15 is 0 Å². The van der Waals surface area contributed by atoms with E-state index in [1.807, 2.05) is 48.7 Å². The largest absolute Gasteiger partial charge is 0.490 e. The molecule has 24 heavy (non-hydrogen) atoms. The minimum Gasteiger partial charge on any atom is -0.490 e. The Morgan fingerprint density at radius 1 is 0.917 bits per heavy atom. The fourth-order valence-electron chi connectivity index (χ4n) is 2.44. The lowest BCUT2D eigenvalue weighted by Gasteiger charge is -2.29. The number of hydrogen-bond donors (Lipinski definition) is 1.